The van der Waals surface area contributed by atoms with Gasteiger partial charge in [-0.1, -0.05) is 63.2 Å². The van der Waals surface area contributed by atoms with E-state index in [1.165, 1.54) is 4.90 Å². The summed E-state index contributed by atoms with van der Waals surface area (Å²) in [4.78, 5) is 54.8. The van der Waals surface area contributed by atoms with E-state index in [4.69, 9.17) is 28.9 Å². The standard InChI is InChI=1S/C60H69FN10O7S/c1-6-36-10-7-11-39-22-43(72)23-45(51(36)39)53-52(61)54-46(27-63-53)56(69-28-40-12-8-13-41(69)26-62-40)67-59(66-54)77-31-60-19-9-21-71(60)42(18-20-60)30-76-49-25-48(78-68-49)50(33(2)3)58(75)70-29-44(73)24-47(70)57(74)65-34(4)37-14-16-38(17-15-37)55-35(5)64-32-79-55/h7,10-11,14-17,22-23,25,27,32-34,40-42,44,47,50,62,72-73H,6,8-9,12-13,18-21,24,26,28-31H2,1-5H3,(H,65,74)/t34-,40?,41?,42-,44+,47-,50-,60-/m0/s1. The van der Waals surface area contributed by atoms with Crippen molar-refractivity contribution < 1.29 is 38.2 Å². The van der Waals surface area contributed by atoms with Crippen molar-refractivity contribution in [1.29, 1.82) is 0 Å². The van der Waals surface area contributed by atoms with E-state index in [-0.39, 0.29) is 89.3 Å². The number of nitrogens with zero attached hydrogens (tertiary/aromatic N) is 8. The third-order valence-corrected chi connectivity index (χ3v) is 18.5. The third kappa shape index (κ3) is 10.0. The number of carbonyl (C=O) groups is 2. The lowest BCUT2D eigenvalue weighted by atomic mass is 9.91. The van der Waals surface area contributed by atoms with Gasteiger partial charge in [0.1, 0.15) is 48.0 Å². The first-order valence-corrected chi connectivity index (χ1v) is 29.0. The Kier molecular flexibility index (Phi) is 14.5. The number of anilines is 1. The first-order valence-electron chi connectivity index (χ1n) is 28.1. The Morgan fingerprint density at radius 2 is 1.86 bits per heavy atom. The number of pyridine rings is 1. The molecule has 4 aromatic heterocycles. The van der Waals surface area contributed by atoms with Crippen LogP contribution in [0.15, 0.2) is 76.9 Å². The number of aromatic nitrogens is 5. The molecule has 10 heterocycles. The van der Waals surface area contributed by atoms with Crippen LogP contribution in [0.25, 0.3) is 43.4 Å². The molecule has 4 N–H and O–H groups in total. The van der Waals surface area contributed by atoms with Gasteiger partial charge in [-0.2, -0.15) is 9.97 Å². The number of piperazine rings is 1. The van der Waals surface area contributed by atoms with Crippen LogP contribution in [0.2, 0.25) is 0 Å². The average Bonchev–Trinajstić information content (AvgIpc) is 4.44. The fraction of sp³-hybridized carbons (Fsp3) is 0.483. The molecule has 19 heteroatoms. The second kappa shape index (κ2) is 21.7. The van der Waals surface area contributed by atoms with Crippen molar-refractivity contribution in [2.24, 2.45) is 5.92 Å². The predicted molar refractivity (Wildman–Crippen MR) is 300 cm³/mol. The minimum absolute atomic E-state index is 0.0240. The van der Waals surface area contributed by atoms with Gasteiger partial charge in [0, 0.05) is 62.0 Å². The van der Waals surface area contributed by atoms with Crippen LogP contribution in [0, 0.1) is 18.7 Å². The number of thiazole rings is 1. The minimum atomic E-state index is -0.866. The summed E-state index contributed by atoms with van der Waals surface area (Å²) < 4.78 is 36.4. The topological polar surface area (TPSA) is 204 Å². The molecule has 6 aliphatic rings. The fourth-order valence-electron chi connectivity index (χ4n) is 13.4. The maximum atomic E-state index is 17.5. The second-order valence-corrected chi connectivity index (χ2v) is 23.7. The highest BCUT2D eigenvalue weighted by Gasteiger charge is 2.50. The Bertz CT molecular complexity index is 3410. The van der Waals surface area contributed by atoms with Gasteiger partial charge < -0.3 is 44.6 Å². The number of aliphatic hydroxyl groups excluding tert-OH is 1. The highest BCUT2D eigenvalue weighted by atomic mass is 32.1. The number of hydrogen-bond donors (Lipinski definition) is 4. The largest absolute Gasteiger partial charge is 0.508 e. The SMILES string of the molecule is CCc1cccc2cc(O)cc(-c3ncc4c(N5CC6CCCC5CN6)nc(OC[C@@]56CCCN5[C@H](COc5cc([C@@H](C(=O)N7C[C@H](O)C[C@H]7C(=O)N[C@@H](C)c7ccc(-c8scnc8C)cc7)C(C)C)on5)CC6)nc4c3F)c12. The van der Waals surface area contributed by atoms with Crippen molar-refractivity contribution in [3.8, 4) is 39.3 Å². The summed E-state index contributed by atoms with van der Waals surface area (Å²) in [5.74, 6) is -1.01. The number of benzene rings is 3. The molecule has 6 saturated heterocycles. The lowest BCUT2D eigenvalue weighted by Crippen LogP contribution is -2.54. The summed E-state index contributed by atoms with van der Waals surface area (Å²) >= 11 is 1.58. The van der Waals surface area contributed by atoms with Gasteiger partial charge in [-0.3, -0.25) is 19.5 Å². The van der Waals surface area contributed by atoms with E-state index < -0.39 is 23.9 Å². The van der Waals surface area contributed by atoms with E-state index in [9.17, 15) is 19.8 Å². The molecular weight excluding hydrogens is 1020 g/mol. The molecule has 3 aromatic carbocycles. The number of rotatable bonds is 16. The molecule has 0 saturated carbocycles. The van der Waals surface area contributed by atoms with Gasteiger partial charge in [0.25, 0.3) is 5.88 Å². The predicted octanol–water partition coefficient (Wildman–Crippen LogP) is 9.04. The molecule has 0 aliphatic carbocycles. The van der Waals surface area contributed by atoms with Crippen LogP contribution in [-0.2, 0) is 16.0 Å². The molecule has 7 aromatic rings. The van der Waals surface area contributed by atoms with E-state index in [2.05, 4.69) is 37.5 Å². The van der Waals surface area contributed by atoms with E-state index in [0.717, 1.165) is 109 Å². The summed E-state index contributed by atoms with van der Waals surface area (Å²) in [6.45, 7) is 12.8. The lowest BCUT2D eigenvalue weighted by molar-refractivity contribution is -0.141. The van der Waals surface area contributed by atoms with Crippen LogP contribution >= 0.6 is 11.3 Å². The zero-order valence-electron chi connectivity index (χ0n) is 45.5. The molecule has 0 spiro atoms. The normalized spacial score (nSPS) is 23.9. The molecule has 13 rings (SSSR count). The summed E-state index contributed by atoms with van der Waals surface area (Å²) in [7, 11) is 0. The van der Waals surface area contributed by atoms with E-state index in [1.54, 1.807) is 35.7 Å². The maximum absolute atomic E-state index is 17.5. The van der Waals surface area contributed by atoms with Crippen molar-refractivity contribution in [2.75, 3.05) is 44.3 Å². The van der Waals surface area contributed by atoms with Crippen LogP contribution in [0.1, 0.15) is 114 Å². The Morgan fingerprint density at radius 3 is 2.66 bits per heavy atom. The molecule has 8 atom stereocenters. The summed E-state index contributed by atoms with van der Waals surface area (Å²) in [5.41, 5.74) is 6.22. The van der Waals surface area contributed by atoms with Gasteiger partial charge >= 0.3 is 6.01 Å². The number of phenols is 1. The molecular formula is C60H69FN10O7S. The van der Waals surface area contributed by atoms with Gasteiger partial charge in [-0.15, -0.1) is 11.3 Å². The molecule has 414 valence electrons. The number of ether oxygens (including phenoxy) is 2. The van der Waals surface area contributed by atoms with Crippen LogP contribution in [0.4, 0.5) is 10.2 Å². The molecule has 2 unspecified atom stereocenters. The molecule has 17 nitrogen and oxygen atoms in total. The summed E-state index contributed by atoms with van der Waals surface area (Å²) in [6.07, 6.45) is 8.34. The van der Waals surface area contributed by atoms with Crippen molar-refractivity contribution in [3.05, 3.63) is 101 Å². The Hall–Kier alpha value is -6.80. The maximum Gasteiger partial charge on any atom is 0.319 e. The zero-order chi connectivity index (χ0) is 54.7. The van der Waals surface area contributed by atoms with Crippen LogP contribution in [0.3, 0.4) is 0 Å². The monoisotopic (exact) mass is 1090 g/mol. The fourth-order valence-corrected chi connectivity index (χ4v) is 14.2. The zero-order valence-corrected chi connectivity index (χ0v) is 46.3. The number of phenolic OH excluding ortho intramolecular Hbond substituents is 1. The van der Waals surface area contributed by atoms with Crippen LogP contribution < -0.4 is 25.0 Å². The first kappa shape index (κ1) is 52.9. The van der Waals surface area contributed by atoms with E-state index in [0.29, 0.717) is 35.7 Å². The smallest absolute Gasteiger partial charge is 0.319 e. The summed E-state index contributed by atoms with van der Waals surface area (Å²) in [5, 5.41) is 34.9. The van der Waals surface area contributed by atoms with Crippen molar-refractivity contribution in [1.82, 2.24) is 45.5 Å². The van der Waals surface area contributed by atoms with E-state index >= 15 is 4.39 Å². The van der Waals surface area contributed by atoms with Gasteiger partial charge in [0.05, 0.1) is 39.2 Å². The first-order chi connectivity index (χ1) is 38.2. The van der Waals surface area contributed by atoms with Crippen LogP contribution in [-0.4, -0.2) is 132 Å². The van der Waals surface area contributed by atoms with Gasteiger partial charge in [-0.05, 0) is 122 Å². The van der Waals surface area contributed by atoms with Crippen molar-refractivity contribution in [3.63, 3.8) is 0 Å². The molecule has 2 bridgehead atoms. The number of carbonyl (C=O) groups excluding carboxylic acids is 2. The van der Waals surface area contributed by atoms with Crippen LogP contribution in [0.5, 0.6) is 17.6 Å². The highest BCUT2D eigenvalue weighted by Crippen LogP contribution is 2.45. The van der Waals surface area contributed by atoms with Gasteiger partial charge in [-0.25, -0.2) is 9.37 Å². The number of fused-ring (bicyclic) bond motifs is 7. The molecule has 6 aliphatic heterocycles. The Morgan fingerprint density at radius 1 is 1.01 bits per heavy atom. The molecule has 2 amide bonds. The number of nitrogens with one attached hydrogen (secondary N) is 2. The third-order valence-electron chi connectivity index (χ3n) is 17.5. The van der Waals surface area contributed by atoms with E-state index in [1.807, 2.05) is 75.7 Å². The van der Waals surface area contributed by atoms with Gasteiger partial charge in [0.2, 0.25) is 11.8 Å². The molecule has 6 fully saturated rings. The lowest BCUT2D eigenvalue weighted by Gasteiger charge is -2.39. The number of likely N-dealkylation sites (tertiary alicyclic amines) is 1. The van der Waals surface area contributed by atoms with Gasteiger partial charge in [0.15, 0.2) is 11.6 Å². The minimum Gasteiger partial charge on any atom is -0.508 e. The molecule has 0 radical (unpaired) electrons. The number of hydrogen-bond acceptors (Lipinski definition) is 16. The Balaban J connectivity index is 0.737. The average molecular weight is 1090 g/mol. The number of aliphatic hydroxyl groups is 1. The van der Waals surface area contributed by atoms with Crippen molar-refractivity contribution >= 4 is 50.6 Å². The second-order valence-electron chi connectivity index (χ2n) is 22.8. The summed E-state index contributed by atoms with van der Waals surface area (Å²) in [6, 6.07) is 18.3. The number of aromatic hydroxyl groups is 1. The molecule has 79 heavy (non-hydrogen) atoms. The highest BCUT2D eigenvalue weighted by molar-refractivity contribution is 7.13. The number of aryl methyl sites for hydroxylation is 2. The Labute approximate surface area is 462 Å². The van der Waals surface area contributed by atoms with Crippen molar-refractivity contribution in [2.45, 2.75) is 140 Å². The quantitative estimate of drug-likeness (QED) is 0.0713. The number of amides is 2. The number of halogens is 1. The number of β-amino-alcohol motifs (C(OH)–C–C–N with tert-alkyl or cyclic N) is 1.